The van der Waals surface area contributed by atoms with Crippen molar-refractivity contribution in [3.8, 4) is 0 Å². The van der Waals surface area contributed by atoms with Crippen LogP contribution < -0.4 is 4.90 Å². The number of thioether (sulfide) groups is 1. The van der Waals surface area contributed by atoms with Crippen LogP contribution in [0.15, 0.2) is 65.7 Å². The molecule has 2 fully saturated rings. The number of amidine groups is 1. The van der Waals surface area contributed by atoms with E-state index in [1.807, 2.05) is 40.1 Å². The maximum Gasteiger partial charge on any atom is 0.331 e. The van der Waals surface area contributed by atoms with Crippen molar-refractivity contribution in [2.45, 2.75) is 46.2 Å². The summed E-state index contributed by atoms with van der Waals surface area (Å²) in [5.74, 6) is 0.599. The maximum absolute atomic E-state index is 13.4. The van der Waals surface area contributed by atoms with Crippen LogP contribution in [0.5, 0.6) is 0 Å². The van der Waals surface area contributed by atoms with Gasteiger partial charge in [0.2, 0.25) is 0 Å². The van der Waals surface area contributed by atoms with Crippen LogP contribution in [0.4, 0.5) is 10.5 Å². The summed E-state index contributed by atoms with van der Waals surface area (Å²) in [4.78, 5) is 21.9. The summed E-state index contributed by atoms with van der Waals surface area (Å²) in [6.07, 6.45) is 6.63. The standard InChI is InChI=1S/C25H29N3OS/c1-25(2,3)16-15-19-9-11-20(12-10-19)17-27-23(26-21-13-14-21)30-18-28(24(27)29)22-7-5-4-6-8-22/h4-12,15-16,21H,13-14,17-18H2,1-3H3. The van der Waals surface area contributed by atoms with E-state index in [1.54, 1.807) is 11.8 Å². The molecule has 2 aromatic rings. The molecule has 30 heavy (non-hydrogen) atoms. The first-order chi connectivity index (χ1) is 14.4. The van der Waals surface area contributed by atoms with Crippen LogP contribution in [0, 0.1) is 5.41 Å². The highest BCUT2D eigenvalue weighted by molar-refractivity contribution is 8.14. The van der Waals surface area contributed by atoms with E-state index in [0.717, 1.165) is 29.3 Å². The number of amides is 2. The number of benzene rings is 2. The van der Waals surface area contributed by atoms with Crippen LogP contribution >= 0.6 is 11.8 Å². The number of nitrogens with zero attached hydrogens (tertiary/aromatic N) is 3. The lowest BCUT2D eigenvalue weighted by molar-refractivity contribution is 0.226. The van der Waals surface area contributed by atoms with Crippen LogP contribution in [-0.2, 0) is 6.54 Å². The summed E-state index contributed by atoms with van der Waals surface area (Å²) in [7, 11) is 0. The molecule has 1 saturated heterocycles. The fraction of sp³-hybridized carbons (Fsp3) is 0.360. The molecule has 4 nitrogen and oxygen atoms in total. The van der Waals surface area contributed by atoms with Gasteiger partial charge in [-0.15, -0.1) is 0 Å². The van der Waals surface area contributed by atoms with Gasteiger partial charge in [-0.25, -0.2) is 4.79 Å². The van der Waals surface area contributed by atoms with Gasteiger partial charge in [0.25, 0.3) is 0 Å². The van der Waals surface area contributed by atoms with E-state index in [4.69, 9.17) is 4.99 Å². The molecule has 5 heteroatoms. The van der Waals surface area contributed by atoms with Crippen molar-refractivity contribution in [1.82, 2.24) is 4.90 Å². The fourth-order valence-corrected chi connectivity index (χ4v) is 4.17. The molecule has 0 aromatic heterocycles. The second-order valence-corrected chi connectivity index (χ2v) is 9.90. The van der Waals surface area contributed by atoms with Crippen molar-refractivity contribution >= 4 is 34.7 Å². The number of rotatable bonds is 5. The molecule has 1 aliphatic carbocycles. The molecule has 1 saturated carbocycles. The second kappa shape index (κ2) is 8.68. The molecule has 0 unspecified atom stereocenters. The van der Waals surface area contributed by atoms with Gasteiger partial charge in [0.05, 0.1) is 18.5 Å². The first-order valence-electron chi connectivity index (χ1n) is 10.5. The average Bonchev–Trinajstić information content (AvgIpc) is 3.54. The molecule has 2 amide bonds. The average molecular weight is 420 g/mol. The SMILES string of the molecule is CC(C)(C)C=Cc1ccc(CN2C(=O)N(c3ccccc3)CSC2=NC2CC2)cc1. The highest BCUT2D eigenvalue weighted by Gasteiger charge is 2.34. The van der Waals surface area contributed by atoms with Gasteiger partial charge in [-0.3, -0.25) is 14.8 Å². The first kappa shape index (κ1) is 20.7. The summed E-state index contributed by atoms with van der Waals surface area (Å²) in [5.41, 5.74) is 3.36. The predicted octanol–water partition coefficient (Wildman–Crippen LogP) is 6.40. The number of allylic oxidation sites excluding steroid dienone is 1. The third-order valence-electron chi connectivity index (χ3n) is 5.02. The minimum absolute atomic E-state index is 0.00365. The Kier molecular flexibility index (Phi) is 6.00. The van der Waals surface area contributed by atoms with Gasteiger partial charge in [-0.1, -0.05) is 87.1 Å². The summed E-state index contributed by atoms with van der Waals surface area (Å²) >= 11 is 1.65. The van der Waals surface area contributed by atoms with Crippen molar-refractivity contribution in [1.29, 1.82) is 0 Å². The van der Waals surface area contributed by atoms with Crippen molar-refractivity contribution in [3.05, 3.63) is 71.8 Å². The summed E-state index contributed by atoms with van der Waals surface area (Å²) in [6, 6.07) is 18.7. The highest BCUT2D eigenvalue weighted by atomic mass is 32.2. The number of anilines is 1. The van der Waals surface area contributed by atoms with Gasteiger partial charge in [0, 0.05) is 5.69 Å². The number of urea groups is 1. The lowest BCUT2D eigenvalue weighted by Crippen LogP contribution is -2.49. The van der Waals surface area contributed by atoms with E-state index >= 15 is 0 Å². The quantitative estimate of drug-likeness (QED) is 0.562. The van der Waals surface area contributed by atoms with Gasteiger partial charge in [0.15, 0.2) is 5.17 Å². The lowest BCUT2D eigenvalue weighted by Gasteiger charge is -2.36. The third kappa shape index (κ3) is 5.33. The Morgan fingerprint density at radius 2 is 1.77 bits per heavy atom. The smallest absolute Gasteiger partial charge is 0.284 e. The molecule has 1 aliphatic heterocycles. The van der Waals surface area contributed by atoms with Gasteiger partial charge < -0.3 is 0 Å². The van der Waals surface area contributed by atoms with Crippen LogP contribution in [0.25, 0.3) is 6.08 Å². The molecule has 2 aliphatic rings. The van der Waals surface area contributed by atoms with E-state index in [2.05, 4.69) is 57.2 Å². The van der Waals surface area contributed by atoms with Gasteiger partial charge in [-0.2, -0.15) is 0 Å². The van der Waals surface area contributed by atoms with Crippen molar-refractivity contribution < 1.29 is 4.79 Å². The monoisotopic (exact) mass is 419 g/mol. The molecule has 2 aromatic carbocycles. The van der Waals surface area contributed by atoms with Gasteiger partial charge >= 0.3 is 6.03 Å². The largest absolute Gasteiger partial charge is 0.331 e. The molecular formula is C25H29N3OS. The molecule has 0 radical (unpaired) electrons. The molecule has 0 spiro atoms. The number of para-hydroxylation sites is 1. The normalized spacial score (nSPS) is 19.2. The Balaban J connectivity index is 1.54. The number of carbonyl (C=O) groups is 1. The zero-order chi connectivity index (χ0) is 21.1. The van der Waals surface area contributed by atoms with Crippen molar-refractivity contribution in [2.24, 2.45) is 10.4 Å². The van der Waals surface area contributed by atoms with E-state index in [-0.39, 0.29) is 11.4 Å². The Hall–Kier alpha value is -2.53. The van der Waals surface area contributed by atoms with Crippen molar-refractivity contribution in [2.75, 3.05) is 10.8 Å². The number of hydrogen-bond acceptors (Lipinski definition) is 3. The number of hydrogen-bond donors (Lipinski definition) is 0. The molecule has 0 N–H and O–H groups in total. The van der Waals surface area contributed by atoms with Crippen LogP contribution in [0.2, 0.25) is 0 Å². The molecular weight excluding hydrogens is 390 g/mol. The summed E-state index contributed by atoms with van der Waals surface area (Å²) in [5, 5.41) is 0.853. The number of aliphatic imine (C=N–C) groups is 1. The van der Waals surface area contributed by atoms with Gasteiger partial charge in [-0.05, 0) is 41.5 Å². The fourth-order valence-electron chi connectivity index (χ4n) is 3.14. The lowest BCUT2D eigenvalue weighted by atomic mass is 9.95. The Morgan fingerprint density at radius 1 is 1.07 bits per heavy atom. The van der Waals surface area contributed by atoms with Crippen LogP contribution in [0.1, 0.15) is 44.7 Å². The van der Waals surface area contributed by atoms with E-state index in [9.17, 15) is 4.79 Å². The Morgan fingerprint density at radius 3 is 2.40 bits per heavy atom. The molecule has 1 heterocycles. The van der Waals surface area contributed by atoms with Crippen LogP contribution in [-0.4, -0.2) is 28.0 Å². The zero-order valence-electron chi connectivity index (χ0n) is 17.9. The summed E-state index contributed by atoms with van der Waals surface area (Å²) in [6.45, 7) is 7.11. The zero-order valence-corrected chi connectivity index (χ0v) is 18.7. The third-order valence-corrected chi connectivity index (χ3v) is 5.99. The van der Waals surface area contributed by atoms with E-state index in [0.29, 0.717) is 18.5 Å². The number of carbonyl (C=O) groups excluding carboxylic acids is 1. The summed E-state index contributed by atoms with van der Waals surface area (Å²) < 4.78 is 0. The van der Waals surface area contributed by atoms with Gasteiger partial charge in [0.1, 0.15) is 0 Å². The second-order valence-electron chi connectivity index (χ2n) is 8.99. The molecule has 156 valence electrons. The van der Waals surface area contributed by atoms with E-state index < -0.39 is 0 Å². The topological polar surface area (TPSA) is 35.9 Å². The maximum atomic E-state index is 13.4. The minimum atomic E-state index is -0.00365. The van der Waals surface area contributed by atoms with E-state index in [1.165, 1.54) is 5.56 Å². The molecule has 4 rings (SSSR count). The van der Waals surface area contributed by atoms with Crippen LogP contribution in [0.3, 0.4) is 0 Å². The van der Waals surface area contributed by atoms with Crippen molar-refractivity contribution in [3.63, 3.8) is 0 Å². The first-order valence-corrected chi connectivity index (χ1v) is 11.5. The highest BCUT2D eigenvalue weighted by Crippen LogP contribution is 2.31. The Bertz CT molecular complexity index is 941. The molecule has 0 bridgehead atoms. The molecule has 0 atom stereocenters. The minimum Gasteiger partial charge on any atom is -0.284 e. The predicted molar refractivity (Wildman–Crippen MR) is 128 cm³/mol. The Labute approximate surface area is 183 Å².